The van der Waals surface area contributed by atoms with Gasteiger partial charge < -0.3 is 15.2 Å². The highest BCUT2D eigenvalue weighted by Gasteiger charge is 2.10. The van der Waals surface area contributed by atoms with Gasteiger partial charge in [-0.15, -0.1) is 0 Å². The van der Waals surface area contributed by atoms with E-state index in [-0.39, 0.29) is 12.5 Å². The van der Waals surface area contributed by atoms with Crippen molar-refractivity contribution in [2.24, 2.45) is 5.92 Å². The zero-order valence-electron chi connectivity index (χ0n) is 10.5. The van der Waals surface area contributed by atoms with E-state index in [1.54, 1.807) is 7.11 Å². The molecule has 0 aliphatic carbocycles. The fourth-order valence-electron chi connectivity index (χ4n) is 1.46. The average molecular weight is 302 g/mol. The SMILES string of the molecule is COc1ccc(CNC(C)C(C)CO)cc1Br. The van der Waals surface area contributed by atoms with Crippen LogP contribution in [-0.2, 0) is 6.54 Å². The molecular formula is C13H20BrNO2. The minimum absolute atomic E-state index is 0.209. The number of rotatable bonds is 6. The molecule has 2 atom stereocenters. The van der Waals surface area contributed by atoms with Crippen LogP contribution in [0.15, 0.2) is 22.7 Å². The lowest BCUT2D eigenvalue weighted by atomic mass is 10.0. The molecule has 0 spiro atoms. The number of aliphatic hydroxyl groups excluding tert-OH is 1. The van der Waals surface area contributed by atoms with Gasteiger partial charge in [0.2, 0.25) is 0 Å². The molecule has 2 unspecified atom stereocenters. The first kappa shape index (κ1) is 14.5. The van der Waals surface area contributed by atoms with Crippen molar-refractivity contribution in [3.05, 3.63) is 28.2 Å². The van der Waals surface area contributed by atoms with Crippen LogP contribution in [0.3, 0.4) is 0 Å². The average Bonchev–Trinajstić information content (AvgIpc) is 2.35. The number of nitrogens with one attached hydrogen (secondary N) is 1. The molecule has 96 valence electrons. The Morgan fingerprint density at radius 2 is 2.12 bits per heavy atom. The third-order valence-corrected chi connectivity index (χ3v) is 3.61. The maximum atomic E-state index is 9.05. The molecular weight excluding hydrogens is 282 g/mol. The van der Waals surface area contributed by atoms with Crippen molar-refractivity contribution in [1.82, 2.24) is 5.32 Å². The van der Waals surface area contributed by atoms with Crippen LogP contribution in [0.1, 0.15) is 19.4 Å². The second-order valence-electron chi connectivity index (χ2n) is 4.30. The van der Waals surface area contributed by atoms with E-state index in [4.69, 9.17) is 9.84 Å². The normalized spacial score (nSPS) is 14.4. The third-order valence-electron chi connectivity index (χ3n) is 2.99. The molecule has 0 amide bonds. The van der Waals surface area contributed by atoms with E-state index < -0.39 is 0 Å². The third kappa shape index (κ3) is 4.30. The van der Waals surface area contributed by atoms with Gasteiger partial charge in [-0.05, 0) is 46.5 Å². The molecule has 0 bridgehead atoms. The summed E-state index contributed by atoms with van der Waals surface area (Å²) in [4.78, 5) is 0. The lowest BCUT2D eigenvalue weighted by Gasteiger charge is -2.19. The number of ether oxygens (including phenoxy) is 1. The molecule has 1 rings (SSSR count). The molecule has 1 aromatic rings. The van der Waals surface area contributed by atoms with Crippen LogP contribution in [0.2, 0.25) is 0 Å². The van der Waals surface area contributed by atoms with Crippen molar-refractivity contribution in [1.29, 1.82) is 0 Å². The highest BCUT2D eigenvalue weighted by molar-refractivity contribution is 9.10. The molecule has 0 saturated carbocycles. The molecule has 0 fully saturated rings. The van der Waals surface area contributed by atoms with Gasteiger partial charge in [-0.3, -0.25) is 0 Å². The quantitative estimate of drug-likeness (QED) is 0.848. The van der Waals surface area contributed by atoms with E-state index in [1.807, 2.05) is 25.1 Å². The summed E-state index contributed by atoms with van der Waals surface area (Å²) in [5.74, 6) is 1.10. The van der Waals surface area contributed by atoms with Crippen LogP contribution in [0.5, 0.6) is 5.75 Å². The summed E-state index contributed by atoms with van der Waals surface area (Å²) in [6, 6.07) is 6.32. The van der Waals surface area contributed by atoms with Crippen molar-refractivity contribution in [2.75, 3.05) is 13.7 Å². The number of methoxy groups -OCH3 is 1. The fraction of sp³-hybridized carbons (Fsp3) is 0.538. The van der Waals surface area contributed by atoms with E-state index in [2.05, 4.69) is 28.2 Å². The van der Waals surface area contributed by atoms with Crippen LogP contribution in [0.25, 0.3) is 0 Å². The van der Waals surface area contributed by atoms with Gasteiger partial charge in [0.05, 0.1) is 11.6 Å². The van der Waals surface area contributed by atoms with Gasteiger partial charge >= 0.3 is 0 Å². The molecule has 17 heavy (non-hydrogen) atoms. The lowest BCUT2D eigenvalue weighted by molar-refractivity contribution is 0.207. The first-order valence-corrected chi connectivity index (χ1v) is 6.54. The van der Waals surface area contributed by atoms with Gasteiger partial charge in [-0.1, -0.05) is 13.0 Å². The van der Waals surface area contributed by atoms with Gasteiger partial charge in [0, 0.05) is 19.2 Å². The van der Waals surface area contributed by atoms with Crippen molar-refractivity contribution >= 4 is 15.9 Å². The summed E-state index contributed by atoms with van der Waals surface area (Å²) in [6.45, 7) is 5.11. The van der Waals surface area contributed by atoms with Gasteiger partial charge in [0.15, 0.2) is 0 Å². The zero-order valence-corrected chi connectivity index (χ0v) is 12.1. The molecule has 1 aromatic carbocycles. The summed E-state index contributed by atoms with van der Waals surface area (Å²) in [7, 11) is 1.66. The number of benzene rings is 1. The van der Waals surface area contributed by atoms with Crippen LogP contribution >= 0.6 is 15.9 Å². The predicted octanol–water partition coefficient (Wildman–Crippen LogP) is 2.56. The first-order valence-electron chi connectivity index (χ1n) is 5.75. The Bertz CT molecular complexity index is 357. The Labute approximate surface area is 111 Å². The number of aliphatic hydroxyl groups is 1. The largest absolute Gasteiger partial charge is 0.496 e. The zero-order chi connectivity index (χ0) is 12.8. The van der Waals surface area contributed by atoms with Crippen LogP contribution in [0, 0.1) is 5.92 Å². The van der Waals surface area contributed by atoms with Gasteiger partial charge in [-0.2, -0.15) is 0 Å². The monoisotopic (exact) mass is 301 g/mol. The second kappa shape index (κ2) is 6.99. The summed E-state index contributed by atoms with van der Waals surface area (Å²) in [5, 5.41) is 12.4. The molecule has 0 aliphatic heterocycles. The van der Waals surface area contributed by atoms with Crippen LogP contribution in [-0.4, -0.2) is 24.9 Å². The minimum atomic E-state index is 0.209. The van der Waals surface area contributed by atoms with Crippen LogP contribution in [0.4, 0.5) is 0 Å². The summed E-state index contributed by atoms with van der Waals surface area (Å²) >= 11 is 3.46. The highest BCUT2D eigenvalue weighted by atomic mass is 79.9. The summed E-state index contributed by atoms with van der Waals surface area (Å²) in [5.41, 5.74) is 1.19. The smallest absolute Gasteiger partial charge is 0.133 e. The van der Waals surface area contributed by atoms with Gasteiger partial charge in [0.1, 0.15) is 5.75 Å². The Balaban J connectivity index is 2.55. The lowest BCUT2D eigenvalue weighted by Crippen LogP contribution is -2.33. The number of halogens is 1. The maximum Gasteiger partial charge on any atom is 0.133 e. The van der Waals surface area contributed by atoms with Crippen molar-refractivity contribution in [3.8, 4) is 5.75 Å². The van der Waals surface area contributed by atoms with E-state index in [0.717, 1.165) is 16.8 Å². The Kier molecular flexibility index (Phi) is 5.95. The van der Waals surface area contributed by atoms with E-state index >= 15 is 0 Å². The second-order valence-corrected chi connectivity index (χ2v) is 5.15. The standard InChI is InChI=1S/C13H20BrNO2/c1-9(8-16)10(2)15-7-11-4-5-13(17-3)12(14)6-11/h4-6,9-10,15-16H,7-8H2,1-3H3. The molecule has 0 aromatic heterocycles. The highest BCUT2D eigenvalue weighted by Crippen LogP contribution is 2.25. The minimum Gasteiger partial charge on any atom is -0.496 e. The summed E-state index contributed by atoms with van der Waals surface area (Å²) < 4.78 is 6.14. The topological polar surface area (TPSA) is 41.5 Å². The molecule has 4 heteroatoms. The van der Waals surface area contributed by atoms with Crippen molar-refractivity contribution < 1.29 is 9.84 Å². The number of hydrogen-bond donors (Lipinski definition) is 2. The Hall–Kier alpha value is -0.580. The summed E-state index contributed by atoms with van der Waals surface area (Å²) in [6.07, 6.45) is 0. The molecule has 0 heterocycles. The van der Waals surface area contributed by atoms with Gasteiger partial charge in [0.25, 0.3) is 0 Å². The van der Waals surface area contributed by atoms with Crippen molar-refractivity contribution in [2.45, 2.75) is 26.4 Å². The fourth-order valence-corrected chi connectivity index (χ4v) is 2.05. The Morgan fingerprint density at radius 3 is 2.65 bits per heavy atom. The van der Waals surface area contributed by atoms with Gasteiger partial charge in [-0.25, -0.2) is 0 Å². The van der Waals surface area contributed by atoms with Crippen LogP contribution < -0.4 is 10.1 Å². The van der Waals surface area contributed by atoms with Crippen molar-refractivity contribution in [3.63, 3.8) is 0 Å². The predicted molar refractivity (Wildman–Crippen MR) is 73.2 cm³/mol. The molecule has 0 saturated heterocycles. The van der Waals surface area contributed by atoms with E-state index in [9.17, 15) is 0 Å². The maximum absolute atomic E-state index is 9.05. The Morgan fingerprint density at radius 1 is 1.41 bits per heavy atom. The molecule has 0 radical (unpaired) electrons. The number of hydrogen-bond acceptors (Lipinski definition) is 3. The van der Waals surface area contributed by atoms with E-state index in [0.29, 0.717) is 6.04 Å². The van der Waals surface area contributed by atoms with E-state index in [1.165, 1.54) is 5.56 Å². The molecule has 0 aliphatic rings. The molecule has 2 N–H and O–H groups in total. The molecule has 3 nitrogen and oxygen atoms in total. The first-order chi connectivity index (χ1) is 8.08.